The van der Waals surface area contributed by atoms with E-state index in [1.807, 2.05) is 0 Å². The zero-order chi connectivity index (χ0) is 23.4. The molecular weight excluding hydrogens is 429 g/mol. The molecule has 0 bridgehead atoms. The van der Waals surface area contributed by atoms with Crippen molar-refractivity contribution in [3.8, 4) is 11.1 Å². The molecule has 0 unspecified atom stereocenters. The third-order valence-electron chi connectivity index (χ3n) is 6.54. The van der Waals surface area contributed by atoms with Gasteiger partial charge in [0, 0.05) is 37.3 Å². The summed E-state index contributed by atoms with van der Waals surface area (Å²) in [5.74, 6) is -0.376. The Kier molecular flexibility index (Phi) is 7.44. The average Bonchev–Trinajstić information content (AvgIpc) is 3.53. The Balaban J connectivity index is 1.39. The van der Waals surface area contributed by atoms with Crippen molar-refractivity contribution in [2.24, 2.45) is 0 Å². The van der Waals surface area contributed by atoms with Gasteiger partial charge in [-0.25, -0.2) is 18.2 Å². The van der Waals surface area contributed by atoms with Crippen LogP contribution in [0.25, 0.3) is 11.1 Å². The summed E-state index contributed by atoms with van der Waals surface area (Å²) in [7, 11) is 1.71. The summed E-state index contributed by atoms with van der Waals surface area (Å²) in [5, 5.41) is 9.86. The number of pyridine rings is 1. The van der Waals surface area contributed by atoms with E-state index in [2.05, 4.69) is 27.9 Å². The van der Waals surface area contributed by atoms with Gasteiger partial charge in [-0.15, -0.1) is 0 Å². The van der Waals surface area contributed by atoms with E-state index in [0.29, 0.717) is 48.5 Å². The van der Waals surface area contributed by atoms with Crippen LogP contribution < -0.4 is 16.0 Å². The van der Waals surface area contributed by atoms with Crippen LogP contribution in [0.2, 0.25) is 0 Å². The zero-order valence-corrected chi connectivity index (χ0v) is 19.3. The van der Waals surface area contributed by atoms with Crippen LogP contribution in [0.1, 0.15) is 45.4 Å². The standard InChI is InChI=1S/C25H33F3N4O/c1-16(14-33-2)31-18-4-6-19(7-5-18)32-24-12-20(22(27)13-29-24)17-3-8-21(26)23(11-17)30-15-25(28)9-10-25/h3,8,11-13,16,18-19,30-31H,4-7,9-10,14-15H2,1-2H3,(H,29,32)/t16-,18-,19-/m1/s1. The van der Waals surface area contributed by atoms with Crippen molar-refractivity contribution in [2.45, 2.75) is 69.2 Å². The first-order chi connectivity index (χ1) is 15.8. The third kappa shape index (κ3) is 6.38. The predicted molar refractivity (Wildman–Crippen MR) is 125 cm³/mol. The fraction of sp³-hybridized carbons (Fsp3) is 0.560. The Morgan fingerprint density at radius 3 is 2.52 bits per heavy atom. The number of methoxy groups -OCH3 is 1. The Morgan fingerprint density at radius 1 is 1.09 bits per heavy atom. The maximum atomic E-state index is 14.6. The highest BCUT2D eigenvalue weighted by atomic mass is 19.1. The molecule has 2 aromatic rings. The molecule has 3 N–H and O–H groups in total. The van der Waals surface area contributed by atoms with Crippen molar-refractivity contribution >= 4 is 11.5 Å². The molecule has 4 rings (SSSR count). The number of hydrogen-bond donors (Lipinski definition) is 3. The minimum Gasteiger partial charge on any atom is -0.383 e. The Hall–Kier alpha value is -2.32. The zero-order valence-electron chi connectivity index (χ0n) is 19.3. The lowest BCUT2D eigenvalue weighted by molar-refractivity contribution is 0.161. The maximum absolute atomic E-state index is 14.6. The fourth-order valence-corrected chi connectivity index (χ4v) is 4.45. The van der Waals surface area contributed by atoms with E-state index < -0.39 is 17.3 Å². The van der Waals surface area contributed by atoms with Gasteiger partial charge in [-0.2, -0.15) is 0 Å². The SMILES string of the molecule is COC[C@@H](C)N[C@H]1CC[C@H](Nc2cc(-c3ccc(F)c(NCC4(F)CC4)c3)c(F)cn2)CC1. The number of aromatic nitrogens is 1. The number of anilines is 2. The first kappa shape index (κ1) is 23.8. The van der Waals surface area contributed by atoms with E-state index in [4.69, 9.17) is 4.74 Å². The topological polar surface area (TPSA) is 58.2 Å². The van der Waals surface area contributed by atoms with Gasteiger partial charge in [0.15, 0.2) is 0 Å². The molecule has 0 saturated heterocycles. The maximum Gasteiger partial charge on any atom is 0.149 e. The van der Waals surface area contributed by atoms with E-state index in [0.717, 1.165) is 25.7 Å². The number of hydrogen-bond acceptors (Lipinski definition) is 5. The van der Waals surface area contributed by atoms with Gasteiger partial charge < -0.3 is 20.7 Å². The highest BCUT2D eigenvalue weighted by molar-refractivity contribution is 5.71. The molecule has 1 atom stereocenters. The van der Waals surface area contributed by atoms with Crippen molar-refractivity contribution in [1.82, 2.24) is 10.3 Å². The monoisotopic (exact) mass is 462 g/mol. The molecule has 33 heavy (non-hydrogen) atoms. The molecule has 180 valence electrons. The largest absolute Gasteiger partial charge is 0.383 e. The summed E-state index contributed by atoms with van der Waals surface area (Å²) in [6.07, 6.45) is 6.22. The molecule has 2 aliphatic rings. The third-order valence-corrected chi connectivity index (χ3v) is 6.54. The van der Waals surface area contributed by atoms with Crippen molar-refractivity contribution < 1.29 is 17.9 Å². The first-order valence-corrected chi connectivity index (χ1v) is 11.7. The lowest BCUT2D eigenvalue weighted by atomic mass is 9.90. The number of nitrogens with zero attached hydrogens (tertiary/aromatic N) is 1. The average molecular weight is 463 g/mol. The molecular formula is C25H33F3N4O. The number of rotatable bonds is 10. The number of benzene rings is 1. The molecule has 5 nitrogen and oxygen atoms in total. The molecule has 0 aliphatic heterocycles. The van der Waals surface area contributed by atoms with Gasteiger partial charge in [-0.1, -0.05) is 6.07 Å². The second kappa shape index (κ2) is 10.3. The van der Waals surface area contributed by atoms with Gasteiger partial charge in [0.25, 0.3) is 0 Å². The first-order valence-electron chi connectivity index (χ1n) is 11.7. The smallest absolute Gasteiger partial charge is 0.149 e. The van der Waals surface area contributed by atoms with Gasteiger partial charge in [0.2, 0.25) is 0 Å². The van der Waals surface area contributed by atoms with Crippen molar-refractivity contribution in [3.63, 3.8) is 0 Å². The van der Waals surface area contributed by atoms with Crippen LogP contribution in [-0.2, 0) is 4.74 Å². The molecule has 0 amide bonds. The van der Waals surface area contributed by atoms with E-state index in [1.54, 1.807) is 13.2 Å². The van der Waals surface area contributed by atoms with Crippen LogP contribution in [0.15, 0.2) is 30.5 Å². The Bertz CT molecular complexity index is 945. The van der Waals surface area contributed by atoms with E-state index >= 15 is 0 Å². The Morgan fingerprint density at radius 2 is 1.82 bits per heavy atom. The van der Waals surface area contributed by atoms with Crippen molar-refractivity contribution in [2.75, 3.05) is 30.9 Å². The normalized spacial score (nSPS) is 22.6. The van der Waals surface area contributed by atoms with Gasteiger partial charge in [0.05, 0.1) is 18.5 Å². The summed E-state index contributed by atoms with van der Waals surface area (Å²) < 4.78 is 47.9. The molecule has 1 aromatic heterocycles. The molecule has 2 saturated carbocycles. The van der Waals surface area contributed by atoms with E-state index in [9.17, 15) is 13.2 Å². The number of alkyl halides is 1. The second-order valence-electron chi connectivity index (χ2n) is 9.46. The summed E-state index contributed by atoms with van der Waals surface area (Å²) in [4.78, 5) is 4.21. The van der Waals surface area contributed by atoms with E-state index in [-0.39, 0.29) is 18.3 Å². The van der Waals surface area contributed by atoms with Gasteiger partial charge in [-0.3, -0.25) is 0 Å². The lowest BCUT2D eigenvalue weighted by Gasteiger charge is -2.31. The van der Waals surface area contributed by atoms with E-state index in [1.165, 1.54) is 24.4 Å². The van der Waals surface area contributed by atoms with Crippen molar-refractivity contribution in [3.05, 3.63) is 42.1 Å². The summed E-state index contributed by atoms with van der Waals surface area (Å²) in [6, 6.07) is 7.05. The van der Waals surface area contributed by atoms with Crippen LogP contribution in [0.4, 0.5) is 24.7 Å². The fourth-order valence-electron chi connectivity index (χ4n) is 4.45. The van der Waals surface area contributed by atoms with Crippen LogP contribution in [0.3, 0.4) is 0 Å². The molecule has 0 spiro atoms. The highest BCUT2D eigenvalue weighted by Crippen LogP contribution is 2.40. The summed E-state index contributed by atoms with van der Waals surface area (Å²) >= 11 is 0. The van der Waals surface area contributed by atoms with Gasteiger partial charge in [-0.05, 0) is 69.2 Å². The quantitative estimate of drug-likeness (QED) is 0.448. The van der Waals surface area contributed by atoms with Crippen LogP contribution in [0, 0.1) is 11.6 Å². The van der Waals surface area contributed by atoms with Crippen LogP contribution in [-0.4, -0.2) is 49.0 Å². The predicted octanol–water partition coefficient (Wildman–Crippen LogP) is 5.29. The van der Waals surface area contributed by atoms with Gasteiger partial charge in [0.1, 0.15) is 23.1 Å². The van der Waals surface area contributed by atoms with Gasteiger partial charge >= 0.3 is 0 Å². The highest BCUT2D eigenvalue weighted by Gasteiger charge is 2.42. The molecule has 1 aromatic carbocycles. The van der Waals surface area contributed by atoms with Crippen LogP contribution >= 0.6 is 0 Å². The number of ether oxygens (including phenoxy) is 1. The van der Waals surface area contributed by atoms with Crippen molar-refractivity contribution in [1.29, 1.82) is 0 Å². The minimum atomic E-state index is -1.25. The Labute approximate surface area is 193 Å². The molecule has 0 radical (unpaired) electrons. The molecule has 2 fully saturated rings. The number of nitrogens with one attached hydrogen (secondary N) is 3. The lowest BCUT2D eigenvalue weighted by Crippen LogP contribution is -2.42. The summed E-state index contributed by atoms with van der Waals surface area (Å²) in [6.45, 7) is 2.87. The molecule has 8 heteroatoms. The molecule has 2 aliphatic carbocycles. The van der Waals surface area contributed by atoms with Crippen LogP contribution in [0.5, 0.6) is 0 Å². The number of halogens is 3. The minimum absolute atomic E-state index is 0.0563. The molecule has 1 heterocycles. The summed E-state index contributed by atoms with van der Waals surface area (Å²) in [5.41, 5.74) is -0.223. The second-order valence-corrected chi connectivity index (χ2v) is 9.46.